The number of hydrogen-bond donors (Lipinski definition) is 0. The lowest BCUT2D eigenvalue weighted by Crippen LogP contribution is -2.27. The maximum Gasteiger partial charge on any atom is 0.293 e. The van der Waals surface area contributed by atoms with Crippen LogP contribution in [0.1, 0.15) is 11.1 Å². The first-order chi connectivity index (χ1) is 12.6. The van der Waals surface area contributed by atoms with Gasteiger partial charge in [0.1, 0.15) is 18.2 Å². The highest BCUT2D eigenvalue weighted by Crippen LogP contribution is 2.32. The SMILES string of the molecule is C=CCN1C(=O)S/C(=C/c2cccc(OCc3ccc(F)cc3)c2)C1=O. The van der Waals surface area contributed by atoms with Gasteiger partial charge in [0.25, 0.3) is 11.1 Å². The Morgan fingerprint density at radius 1 is 1.15 bits per heavy atom. The van der Waals surface area contributed by atoms with Crippen LogP contribution in [0.25, 0.3) is 6.08 Å². The van der Waals surface area contributed by atoms with E-state index in [0.29, 0.717) is 17.3 Å². The molecule has 3 rings (SSSR count). The van der Waals surface area contributed by atoms with E-state index >= 15 is 0 Å². The van der Waals surface area contributed by atoms with Crippen molar-refractivity contribution in [3.05, 3.63) is 83.0 Å². The molecule has 4 nitrogen and oxygen atoms in total. The van der Waals surface area contributed by atoms with Crippen LogP contribution in [0, 0.1) is 5.82 Å². The molecule has 132 valence electrons. The molecule has 2 amide bonds. The van der Waals surface area contributed by atoms with Gasteiger partial charge >= 0.3 is 0 Å². The van der Waals surface area contributed by atoms with Crippen LogP contribution in [0.2, 0.25) is 0 Å². The van der Waals surface area contributed by atoms with Gasteiger partial charge in [-0.1, -0.05) is 30.3 Å². The first-order valence-corrected chi connectivity index (χ1v) is 8.72. The van der Waals surface area contributed by atoms with E-state index in [1.807, 2.05) is 6.07 Å². The highest BCUT2D eigenvalue weighted by atomic mass is 32.2. The van der Waals surface area contributed by atoms with Crippen molar-refractivity contribution in [1.29, 1.82) is 0 Å². The Morgan fingerprint density at radius 2 is 1.92 bits per heavy atom. The van der Waals surface area contributed by atoms with Gasteiger partial charge in [0.05, 0.1) is 4.91 Å². The van der Waals surface area contributed by atoms with E-state index in [9.17, 15) is 14.0 Å². The van der Waals surface area contributed by atoms with Crippen LogP contribution in [0.3, 0.4) is 0 Å². The smallest absolute Gasteiger partial charge is 0.293 e. The van der Waals surface area contributed by atoms with Crippen LogP contribution in [0.15, 0.2) is 66.1 Å². The Morgan fingerprint density at radius 3 is 2.65 bits per heavy atom. The minimum atomic E-state index is -0.322. The average Bonchev–Trinajstić information content (AvgIpc) is 2.89. The summed E-state index contributed by atoms with van der Waals surface area (Å²) in [7, 11) is 0. The van der Waals surface area contributed by atoms with E-state index in [4.69, 9.17) is 4.74 Å². The summed E-state index contributed by atoms with van der Waals surface area (Å²) in [5.41, 5.74) is 1.60. The molecule has 6 heteroatoms. The Hall–Kier alpha value is -2.86. The molecular weight excluding hydrogens is 353 g/mol. The third kappa shape index (κ3) is 4.21. The molecule has 2 aromatic rings. The topological polar surface area (TPSA) is 46.6 Å². The van der Waals surface area contributed by atoms with Crippen molar-refractivity contribution in [1.82, 2.24) is 4.90 Å². The van der Waals surface area contributed by atoms with Crippen molar-refractivity contribution in [3.8, 4) is 5.75 Å². The second kappa shape index (κ2) is 8.01. The molecule has 26 heavy (non-hydrogen) atoms. The van der Waals surface area contributed by atoms with Gasteiger partial charge in [-0.05, 0) is 53.2 Å². The Balaban J connectivity index is 1.71. The highest BCUT2D eigenvalue weighted by Gasteiger charge is 2.33. The zero-order valence-electron chi connectivity index (χ0n) is 13.9. The summed E-state index contributed by atoms with van der Waals surface area (Å²) in [4.78, 5) is 25.6. The summed E-state index contributed by atoms with van der Waals surface area (Å²) in [5.74, 6) is 0.00655. The molecule has 1 heterocycles. The van der Waals surface area contributed by atoms with Gasteiger partial charge in [-0.3, -0.25) is 14.5 Å². The van der Waals surface area contributed by atoms with Gasteiger partial charge in [0, 0.05) is 6.54 Å². The lowest BCUT2D eigenvalue weighted by Gasteiger charge is -2.08. The summed E-state index contributed by atoms with van der Waals surface area (Å²) in [6.45, 7) is 4.05. The molecule has 1 aliphatic heterocycles. The van der Waals surface area contributed by atoms with Crippen molar-refractivity contribution < 1.29 is 18.7 Å². The largest absolute Gasteiger partial charge is 0.489 e. The van der Waals surface area contributed by atoms with Gasteiger partial charge in [-0.15, -0.1) is 6.58 Å². The molecule has 1 fully saturated rings. The predicted molar refractivity (Wildman–Crippen MR) is 100 cm³/mol. The molecule has 0 atom stereocenters. The van der Waals surface area contributed by atoms with Crippen molar-refractivity contribution in [3.63, 3.8) is 0 Å². The number of rotatable bonds is 6. The zero-order chi connectivity index (χ0) is 18.5. The van der Waals surface area contributed by atoms with E-state index in [-0.39, 0.29) is 23.5 Å². The molecule has 0 bridgehead atoms. The maximum absolute atomic E-state index is 12.9. The van der Waals surface area contributed by atoms with Gasteiger partial charge in [0.2, 0.25) is 0 Å². The zero-order valence-corrected chi connectivity index (χ0v) is 14.7. The second-order valence-electron chi connectivity index (χ2n) is 5.57. The fraction of sp³-hybridized carbons (Fsp3) is 0.100. The summed E-state index contributed by atoms with van der Waals surface area (Å²) in [6.07, 6.45) is 3.18. The van der Waals surface area contributed by atoms with Crippen LogP contribution in [0.5, 0.6) is 5.75 Å². The molecule has 0 aromatic heterocycles. The monoisotopic (exact) mass is 369 g/mol. The molecular formula is C20H16FNO3S. The summed E-state index contributed by atoms with van der Waals surface area (Å²) in [6, 6.07) is 13.3. The number of benzene rings is 2. The molecule has 0 spiro atoms. The van der Waals surface area contributed by atoms with Gasteiger partial charge in [0.15, 0.2) is 0 Å². The number of carbonyl (C=O) groups is 2. The maximum atomic E-state index is 12.9. The normalized spacial score (nSPS) is 15.6. The fourth-order valence-electron chi connectivity index (χ4n) is 2.38. The Bertz CT molecular complexity index is 877. The van der Waals surface area contributed by atoms with Gasteiger partial charge in [-0.2, -0.15) is 0 Å². The first kappa shape index (κ1) is 17.9. The van der Waals surface area contributed by atoms with Crippen LogP contribution >= 0.6 is 11.8 Å². The molecule has 2 aromatic carbocycles. The third-order valence-electron chi connectivity index (χ3n) is 3.66. The lowest BCUT2D eigenvalue weighted by atomic mass is 10.2. The lowest BCUT2D eigenvalue weighted by molar-refractivity contribution is -0.122. The minimum absolute atomic E-state index is 0.197. The van der Waals surface area contributed by atoms with Gasteiger partial charge in [-0.25, -0.2) is 4.39 Å². The molecule has 1 saturated heterocycles. The number of thioether (sulfide) groups is 1. The van der Waals surface area contributed by atoms with E-state index in [1.165, 1.54) is 18.2 Å². The Labute approximate surface area is 155 Å². The van der Waals surface area contributed by atoms with E-state index < -0.39 is 0 Å². The average molecular weight is 369 g/mol. The second-order valence-corrected chi connectivity index (χ2v) is 6.56. The third-order valence-corrected chi connectivity index (χ3v) is 4.57. The number of carbonyl (C=O) groups excluding carboxylic acids is 2. The number of halogens is 1. The molecule has 0 saturated carbocycles. The summed E-state index contributed by atoms with van der Waals surface area (Å²) >= 11 is 0.908. The number of ether oxygens (including phenoxy) is 1. The van der Waals surface area contributed by atoms with Crippen LogP contribution < -0.4 is 4.74 Å². The summed E-state index contributed by atoms with van der Waals surface area (Å²) in [5, 5.41) is -0.301. The van der Waals surface area contributed by atoms with E-state index in [0.717, 1.165) is 27.8 Å². The molecule has 0 radical (unpaired) electrons. The van der Waals surface area contributed by atoms with Crippen molar-refractivity contribution in [2.75, 3.05) is 6.54 Å². The number of amides is 2. The molecule has 1 aliphatic rings. The van der Waals surface area contributed by atoms with E-state index in [2.05, 4.69) is 6.58 Å². The standard InChI is InChI=1S/C20H16FNO3S/c1-2-10-22-19(23)18(26-20(22)24)12-15-4-3-5-17(11-15)25-13-14-6-8-16(21)9-7-14/h2-9,11-12H,1,10,13H2/b18-12+. The highest BCUT2D eigenvalue weighted by molar-refractivity contribution is 8.18. The Kier molecular flexibility index (Phi) is 5.53. The minimum Gasteiger partial charge on any atom is -0.489 e. The van der Waals surface area contributed by atoms with Crippen LogP contribution in [-0.4, -0.2) is 22.6 Å². The molecule has 0 aliphatic carbocycles. The van der Waals surface area contributed by atoms with Crippen molar-refractivity contribution in [2.24, 2.45) is 0 Å². The quantitative estimate of drug-likeness (QED) is 0.550. The number of nitrogens with zero attached hydrogens (tertiary/aromatic N) is 1. The molecule has 0 N–H and O–H groups in total. The van der Waals surface area contributed by atoms with Crippen LogP contribution in [-0.2, 0) is 11.4 Å². The molecule has 0 unspecified atom stereocenters. The number of hydrogen-bond acceptors (Lipinski definition) is 4. The van der Waals surface area contributed by atoms with Crippen molar-refractivity contribution in [2.45, 2.75) is 6.61 Å². The first-order valence-electron chi connectivity index (χ1n) is 7.90. The van der Waals surface area contributed by atoms with Crippen molar-refractivity contribution >= 4 is 29.0 Å². The van der Waals surface area contributed by atoms with E-state index in [1.54, 1.807) is 36.4 Å². The fourth-order valence-corrected chi connectivity index (χ4v) is 3.23. The summed E-state index contributed by atoms with van der Waals surface area (Å²) < 4.78 is 18.6. The van der Waals surface area contributed by atoms with Gasteiger partial charge < -0.3 is 4.74 Å². The number of imide groups is 1. The van der Waals surface area contributed by atoms with Crippen LogP contribution in [0.4, 0.5) is 9.18 Å². The predicted octanol–water partition coefficient (Wildman–Crippen LogP) is 4.63.